The number of hydrogen-bond acceptors (Lipinski definition) is 4. The lowest BCUT2D eigenvalue weighted by molar-refractivity contribution is -0.384. The van der Waals surface area contributed by atoms with Gasteiger partial charge >= 0.3 is 0 Å². The zero-order chi connectivity index (χ0) is 10.0. The van der Waals surface area contributed by atoms with E-state index >= 15 is 0 Å². The largest absolute Gasteiger partial charge is 0.398 e. The van der Waals surface area contributed by atoms with Crippen LogP contribution in [0.1, 0.15) is 12.5 Å². The smallest absolute Gasteiger partial charge is 0.270 e. The quantitative estimate of drug-likeness (QED) is 0.312. The first-order valence-corrected chi connectivity index (χ1v) is 3.62. The molecule has 0 radical (unpaired) electrons. The summed E-state index contributed by atoms with van der Waals surface area (Å²) in [6.07, 6.45) is 0. The second kappa shape index (κ2) is 3.22. The van der Waals surface area contributed by atoms with Gasteiger partial charge in [-0.15, -0.1) is 0 Å². The van der Waals surface area contributed by atoms with Gasteiger partial charge in [-0.25, -0.2) is 0 Å². The van der Waals surface area contributed by atoms with Crippen LogP contribution in [-0.2, 0) is 0 Å². The Morgan fingerprint density at radius 1 is 1.62 bits per heavy atom. The molecule has 0 amide bonds. The SMILES string of the molecule is CC(=N)c1cc([N+](=O)[O-])ccc1N. The predicted octanol–water partition coefficient (Wildman–Crippen LogP) is 1.56. The number of hydrogen-bond donors (Lipinski definition) is 2. The first-order valence-electron chi connectivity index (χ1n) is 3.62. The Kier molecular flexibility index (Phi) is 2.27. The van der Waals surface area contributed by atoms with E-state index in [1.54, 1.807) is 0 Å². The summed E-state index contributed by atoms with van der Waals surface area (Å²) in [7, 11) is 0. The monoisotopic (exact) mass is 179 g/mol. The molecule has 0 fully saturated rings. The van der Waals surface area contributed by atoms with E-state index in [9.17, 15) is 10.1 Å². The van der Waals surface area contributed by atoms with Crippen molar-refractivity contribution in [3.05, 3.63) is 33.9 Å². The van der Waals surface area contributed by atoms with Crippen molar-refractivity contribution in [2.75, 3.05) is 5.73 Å². The molecule has 3 N–H and O–H groups in total. The summed E-state index contributed by atoms with van der Waals surface area (Å²) in [5, 5.41) is 17.7. The number of anilines is 1. The van der Waals surface area contributed by atoms with Crippen LogP contribution in [0.2, 0.25) is 0 Å². The lowest BCUT2D eigenvalue weighted by atomic mass is 10.1. The van der Waals surface area contributed by atoms with E-state index in [1.807, 2.05) is 0 Å². The first-order chi connectivity index (χ1) is 6.02. The number of benzene rings is 1. The molecule has 0 spiro atoms. The lowest BCUT2D eigenvalue weighted by Gasteiger charge is -2.02. The van der Waals surface area contributed by atoms with Gasteiger partial charge in [0.1, 0.15) is 0 Å². The van der Waals surface area contributed by atoms with Crippen LogP contribution in [0.25, 0.3) is 0 Å². The zero-order valence-electron chi connectivity index (χ0n) is 7.07. The van der Waals surface area contributed by atoms with Crippen molar-refractivity contribution >= 4 is 17.1 Å². The minimum Gasteiger partial charge on any atom is -0.398 e. The molecule has 0 aliphatic carbocycles. The fourth-order valence-corrected chi connectivity index (χ4v) is 0.983. The summed E-state index contributed by atoms with van der Waals surface area (Å²) in [6, 6.07) is 4.06. The molecule has 0 aliphatic heterocycles. The van der Waals surface area contributed by atoms with Crippen molar-refractivity contribution in [2.45, 2.75) is 6.92 Å². The Hall–Kier alpha value is -1.91. The maximum absolute atomic E-state index is 10.4. The molecule has 0 aromatic heterocycles. The Morgan fingerprint density at radius 2 is 2.23 bits per heavy atom. The van der Waals surface area contributed by atoms with Crippen molar-refractivity contribution < 1.29 is 4.92 Å². The predicted molar refractivity (Wildman–Crippen MR) is 50.0 cm³/mol. The average Bonchev–Trinajstić information content (AvgIpc) is 2.04. The van der Waals surface area contributed by atoms with Crippen LogP contribution < -0.4 is 5.73 Å². The normalized spacial score (nSPS) is 9.62. The van der Waals surface area contributed by atoms with Crippen LogP contribution in [0, 0.1) is 15.5 Å². The van der Waals surface area contributed by atoms with Crippen molar-refractivity contribution in [3.63, 3.8) is 0 Å². The highest BCUT2D eigenvalue weighted by molar-refractivity contribution is 6.01. The van der Waals surface area contributed by atoms with Crippen LogP contribution in [0.5, 0.6) is 0 Å². The fraction of sp³-hybridized carbons (Fsp3) is 0.125. The van der Waals surface area contributed by atoms with Crippen molar-refractivity contribution in [3.8, 4) is 0 Å². The third-order valence-corrected chi connectivity index (χ3v) is 1.65. The summed E-state index contributed by atoms with van der Waals surface area (Å²) in [5.41, 5.74) is 6.50. The third-order valence-electron chi connectivity index (χ3n) is 1.65. The van der Waals surface area contributed by atoms with Crippen LogP contribution in [0.4, 0.5) is 11.4 Å². The standard InChI is InChI=1S/C8H9N3O2/c1-5(9)7-4-6(11(12)13)2-3-8(7)10/h2-4,9H,10H2,1H3. The minimum absolute atomic E-state index is 0.0456. The molecule has 0 unspecified atom stereocenters. The number of nitro benzene ring substituents is 1. The molecule has 1 aromatic rings. The molecular weight excluding hydrogens is 170 g/mol. The molecule has 68 valence electrons. The number of nitrogens with zero attached hydrogens (tertiary/aromatic N) is 1. The summed E-state index contributed by atoms with van der Waals surface area (Å²) in [5.74, 6) is 0. The molecule has 1 aromatic carbocycles. The number of nitrogens with two attached hydrogens (primary N) is 1. The van der Waals surface area contributed by atoms with Gasteiger partial charge < -0.3 is 11.1 Å². The van der Waals surface area contributed by atoms with E-state index in [1.165, 1.54) is 25.1 Å². The van der Waals surface area contributed by atoms with Gasteiger partial charge in [-0.1, -0.05) is 0 Å². The van der Waals surface area contributed by atoms with Crippen molar-refractivity contribution in [2.24, 2.45) is 0 Å². The molecule has 1 rings (SSSR count). The molecular formula is C8H9N3O2. The summed E-state index contributed by atoms with van der Waals surface area (Å²) in [4.78, 5) is 9.87. The second-order valence-corrected chi connectivity index (χ2v) is 2.65. The van der Waals surface area contributed by atoms with Crippen molar-refractivity contribution in [1.29, 1.82) is 5.41 Å². The lowest BCUT2D eigenvalue weighted by Crippen LogP contribution is -2.00. The highest BCUT2D eigenvalue weighted by Gasteiger charge is 2.09. The Balaban J connectivity index is 3.27. The van der Waals surface area contributed by atoms with Gasteiger partial charge in [0.25, 0.3) is 5.69 Å². The van der Waals surface area contributed by atoms with Gasteiger partial charge in [-0.3, -0.25) is 10.1 Å². The molecule has 0 heterocycles. The molecule has 0 saturated carbocycles. The maximum Gasteiger partial charge on any atom is 0.270 e. The average molecular weight is 179 g/mol. The summed E-state index contributed by atoms with van der Waals surface area (Å²) < 4.78 is 0. The zero-order valence-corrected chi connectivity index (χ0v) is 7.07. The van der Waals surface area contributed by atoms with E-state index in [4.69, 9.17) is 11.1 Å². The van der Waals surface area contributed by atoms with Crippen LogP contribution in [0.15, 0.2) is 18.2 Å². The van der Waals surface area contributed by atoms with E-state index in [2.05, 4.69) is 0 Å². The molecule has 5 nitrogen and oxygen atoms in total. The fourth-order valence-electron chi connectivity index (χ4n) is 0.983. The van der Waals surface area contributed by atoms with E-state index in [-0.39, 0.29) is 11.4 Å². The van der Waals surface area contributed by atoms with Crippen molar-refractivity contribution in [1.82, 2.24) is 0 Å². The number of rotatable bonds is 2. The summed E-state index contributed by atoms with van der Waals surface area (Å²) >= 11 is 0. The minimum atomic E-state index is -0.508. The van der Waals surface area contributed by atoms with Gasteiger partial charge in [-0.2, -0.15) is 0 Å². The molecule has 0 saturated heterocycles. The first kappa shape index (κ1) is 9.18. The Bertz CT molecular complexity index is 374. The highest BCUT2D eigenvalue weighted by Crippen LogP contribution is 2.19. The van der Waals surface area contributed by atoms with Crippen LogP contribution >= 0.6 is 0 Å². The van der Waals surface area contributed by atoms with E-state index < -0.39 is 4.92 Å². The van der Waals surface area contributed by atoms with Gasteiger partial charge in [0.2, 0.25) is 0 Å². The molecule has 13 heavy (non-hydrogen) atoms. The topological polar surface area (TPSA) is 93.0 Å². The van der Waals surface area contributed by atoms with E-state index in [0.29, 0.717) is 11.3 Å². The van der Waals surface area contributed by atoms with Gasteiger partial charge in [-0.05, 0) is 13.0 Å². The number of nitro groups is 1. The summed E-state index contributed by atoms with van der Waals surface area (Å²) in [6.45, 7) is 1.54. The van der Waals surface area contributed by atoms with Crippen LogP contribution in [-0.4, -0.2) is 10.6 Å². The Morgan fingerprint density at radius 3 is 2.69 bits per heavy atom. The van der Waals surface area contributed by atoms with E-state index in [0.717, 1.165) is 0 Å². The molecule has 0 aliphatic rings. The van der Waals surface area contributed by atoms with Gasteiger partial charge in [0, 0.05) is 29.1 Å². The number of nitrogens with one attached hydrogen (secondary N) is 1. The number of non-ortho nitro benzene ring substituents is 1. The number of nitrogen functional groups attached to an aromatic ring is 1. The molecule has 5 heteroatoms. The molecule has 0 atom stereocenters. The van der Waals surface area contributed by atoms with Gasteiger partial charge in [0.05, 0.1) is 4.92 Å². The second-order valence-electron chi connectivity index (χ2n) is 2.65. The highest BCUT2D eigenvalue weighted by atomic mass is 16.6. The van der Waals surface area contributed by atoms with Gasteiger partial charge in [0.15, 0.2) is 0 Å². The Labute approximate surface area is 74.8 Å². The van der Waals surface area contributed by atoms with Crippen LogP contribution in [0.3, 0.4) is 0 Å². The maximum atomic E-state index is 10.4. The third kappa shape index (κ3) is 1.81. The molecule has 0 bridgehead atoms.